The molecule has 0 aliphatic heterocycles. The van der Waals surface area contributed by atoms with Crippen molar-refractivity contribution in [3.8, 4) is 0 Å². The maximum atomic E-state index is 12.9. The van der Waals surface area contributed by atoms with Crippen LogP contribution in [0.15, 0.2) is 12.2 Å². The fourth-order valence-electron chi connectivity index (χ4n) is 10.4. The zero-order valence-electron chi connectivity index (χ0n) is 50.4. The zero-order chi connectivity index (χ0) is 53.6. The lowest BCUT2D eigenvalue weighted by Crippen LogP contribution is -2.30. The number of rotatable bonds is 63. The summed E-state index contributed by atoms with van der Waals surface area (Å²) in [5, 5.41) is 0. The van der Waals surface area contributed by atoms with Crippen molar-refractivity contribution in [3.63, 3.8) is 0 Å². The summed E-state index contributed by atoms with van der Waals surface area (Å²) in [4.78, 5) is 38.2. The van der Waals surface area contributed by atoms with Gasteiger partial charge in [-0.15, -0.1) is 0 Å². The van der Waals surface area contributed by atoms with Crippen molar-refractivity contribution in [2.75, 3.05) is 13.2 Å². The average molecular weight is 1040 g/mol. The Morgan fingerprint density at radius 1 is 0.257 bits per heavy atom. The first-order valence-electron chi connectivity index (χ1n) is 33.7. The van der Waals surface area contributed by atoms with Gasteiger partial charge < -0.3 is 14.2 Å². The van der Waals surface area contributed by atoms with Crippen LogP contribution in [0.25, 0.3) is 0 Å². The molecule has 0 spiro atoms. The van der Waals surface area contributed by atoms with Crippen molar-refractivity contribution < 1.29 is 28.6 Å². The third kappa shape index (κ3) is 61.0. The summed E-state index contributed by atoms with van der Waals surface area (Å²) in [6, 6.07) is 0. The summed E-state index contributed by atoms with van der Waals surface area (Å²) < 4.78 is 16.9. The number of allylic oxidation sites excluding steroid dienone is 2. The minimum Gasteiger partial charge on any atom is -0.462 e. The van der Waals surface area contributed by atoms with E-state index in [4.69, 9.17) is 14.2 Å². The Kier molecular flexibility index (Phi) is 62.1. The normalized spacial score (nSPS) is 12.0. The Morgan fingerprint density at radius 3 is 0.676 bits per heavy atom. The summed E-state index contributed by atoms with van der Waals surface area (Å²) in [6.07, 6.45) is 75.4. The molecule has 0 aliphatic carbocycles. The highest BCUT2D eigenvalue weighted by Gasteiger charge is 2.19. The van der Waals surface area contributed by atoms with Crippen molar-refractivity contribution in [2.45, 2.75) is 393 Å². The molecule has 0 saturated carbocycles. The van der Waals surface area contributed by atoms with Crippen molar-refractivity contribution in [1.82, 2.24) is 0 Å². The summed E-state index contributed by atoms with van der Waals surface area (Å²) >= 11 is 0. The van der Waals surface area contributed by atoms with Gasteiger partial charge in [-0.1, -0.05) is 335 Å². The van der Waals surface area contributed by atoms with E-state index in [1.54, 1.807) is 0 Å². The molecule has 0 fully saturated rings. The molecule has 6 heteroatoms. The van der Waals surface area contributed by atoms with E-state index in [2.05, 4.69) is 32.9 Å². The molecule has 0 rings (SSSR count). The third-order valence-corrected chi connectivity index (χ3v) is 15.5. The Bertz CT molecular complexity index is 1150. The first kappa shape index (κ1) is 72.2. The molecule has 1 unspecified atom stereocenters. The van der Waals surface area contributed by atoms with Gasteiger partial charge >= 0.3 is 17.9 Å². The molecule has 0 aromatic carbocycles. The van der Waals surface area contributed by atoms with Gasteiger partial charge in [-0.2, -0.15) is 0 Å². The second kappa shape index (κ2) is 63.7. The summed E-state index contributed by atoms with van der Waals surface area (Å²) in [5.41, 5.74) is 0. The first-order valence-corrected chi connectivity index (χ1v) is 33.7. The molecule has 0 aromatic rings. The molecule has 0 aromatic heterocycles. The third-order valence-electron chi connectivity index (χ3n) is 15.5. The lowest BCUT2D eigenvalue weighted by molar-refractivity contribution is -0.167. The smallest absolute Gasteiger partial charge is 0.306 e. The van der Waals surface area contributed by atoms with Gasteiger partial charge in [-0.25, -0.2) is 0 Å². The van der Waals surface area contributed by atoms with Crippen LogP contribution in [0.3, 0.4) is 0 Å². The van der Waals surface area contributed by atoms with Gasteiger partial charge in [0.2, 0.25) is 0 Å². The predicted molar refractivity (Wildman–Crippen MR) is 321 cm³/mol. The zero-order valence-corrected chi connectivity index (χ0v) is 50.4. The van der Waals surface area contributed by atoms with Gasteiger partial charge in [-0.3, -0.25) is 14.4 Å². The fraction of sp³-hybridized carbons (Fsp3) is 0.926. The van der Waals surface area contributed by atoms with Crippen LogP contribution < -0.4 is 0 Å². The lowest BCUT2D eigenvalue weighted by Gasteiger charge is -2.18. The van der Waals surface area contributed by atoms with Gasteiger partial charge in [0.05, 0.1) is 0 Å². The minimum absolute atomic E-state index is 0.0673. The highest BCUT2D eigenvalue weighted by atomic mass is 16.6. The quantitative estimate of drug-likeness (QED) is 0.0261. The molecule has 0 bridgehead atoms. The standard InChI is InChI=1S/C68H130O6/c1-4-7-10-13-16-19-22-24-26-28-29-30-31-32-33-34-35-36-37-38-39-40-41-43-44-46-49-52-55-58-61-67(70)73-64-65(63-72-66(69)60-57-54-51-48-21-18-15-12-9-6-3)74-68(71)62-59-56-53-50-47-45-42-27-25-23-20-17-14-11-8-5-2/h27,42,65H,4-26,28-41,43-64H2,1-3H3/b42-27-. The number of unbranched alkanes of at least 4 members (excludes halogenated alkanes) is 50. The van der Waals surface area contributed by atoms with Crippen LogP contribution in [0.2, 0.25) is 0 Å². The molecule has 6 nitrogen and oxygen atoms in total. The Hall–Kier alpha value is -1.85. The van der Waals surface area contributed by atoms with Crippen LogP contribution in [0.1, 0.15) is 387 Å². The molecule has 74 heavy (non-hydrogen) atoms. The topological polar surface area (TPSA) is 78.9 Å². The van der Waals surface area contributed by atoms with E-state index in [0.717, 1.165) is 64.2 Å². The average Bonchev–Trinajstić information content (AvgIpc) is 3.40. The van der Waals surface area contributed by atoms with Crippen LogP contribution in [-0.2, 0) is 28.6 Å². The van der Waals surface area contributed by atoms with Gasteiger partial charge in [0.1, 0.15) is 13.2 Å². The number of esters is 3. The van der Waals surface area contributed by atoms with E-state index in [0.29, 0.717) is 19.3 Å². The van der Waals surface area contributed by atoms with Gasteiger partial charge in [0.15, 0.2) is 6.10 Å². The molecular formula is C68H130O6. The molecule has 0 heterocycles. The largest absolute Gasteiger partial charge is 0.462 e. The van der Waals surface area contributed by atoms with Gasteiger partial charge in [0.25, 0.3) is 0 Å². The van der Waals surface area contributed by atoms with E-state index < -0.39 is 6.10 Å². The summed E-state index contributed by atoms with van der Waals surface area (Å²) in [6.45, 7) is 6.69. The molecule has 1 atom stereocenters. The van der Waals surface area contributed by atoms with Crippen molar-refractivity contribution >= 4 is 17.9 Å². The number of carbonyl (C=O) groups is 3. The number of ether oxygens (including phenoxy) is 3. The minimum atomic E-state index is -0.769. The van der Waals surface area contributed by atoms with Gasteiger partial charge in [0, 0.05) is 19.3 Å². The second-order valence-electron chi connectivity index (χ2n) is 23.1. The molecule has 438 valence electrons. The molecular weight excluding hydrogens is 913 g/mol. The van der Waals surface area contributed by atoms with Crippen molar-refractivity contribution in [1.29, 1.82) is 0 Å². The van der Waals surface area contributed by atoms with E-state index in [1.165, 1.54) is 283 Å². The van der Waals surface area contributed by atoms with E-state index >= 15 is 0 Å². The van der Waals surface area contributed by atoms with E-state index in [9.17, 15) is 14.4 Å². The SMILES string of the molecule is CCCCCCCCC/C=C\CCCCCCCC(=O)OC(COC(=O)CCCCCCCCCCCC)COC(=O)CCCCCCCCCCCCCCCCCCCCCCCCCCCCCCCC. The molecule has 0 radical (unpaired) electrons. The highest BCUT2D eigenvalue weighted by molar-refractivity contribution is 5.71. The van der Waals surface area contributed by atoms with Crippen LogP contribution >= 0.6 is 0 Å². The maximum absolute atomic E-state index is 12.9. The van der Waals surface area contributed by atoms with Crippen molar-refractivity contribution in [3.05, 3.63) is 12.2 Å². The summed E-state index contributed by atoms with van der Waals surface area (Å²) in [7, 11) is 0. The van der Waals surface area contributed by atoms with E-state index in [-0.39, 0.29) is 31.1 Å². The Morgan fingerprint density at radius 2 is 0.446 bits per heavy atom. The van der Waals surface area contributed by atoms with Crippen molar-refractivity contribution in [2.24, 2.45) is 0 Å². The molecule has 0 aliphatic rings. The van der Waals surface area contributed by atoms with Crippen LogP contribution in [0.4, 0.5) is 0 Å². The molecule has 0 saturated heterocycles. The first-order chi connectivity index (χ1) is 36.5. The highest BCUT2D eigenvalue weighted by Crippen LogP contribution is 2.19. The van der Waals surface area contributed by atoms with Gasteiger partial charge in [-0.05, 0) is 44.9 Å². The Balaban J connectivity index is 4.06. The van der Waals surface area contributed by atoms with E-state index in [1.807, 2.05) is 0 Å². The number of hydrogen-bond acceptors (Lipinski definition) is 6. The monoisotopic (exact) mass is 1040 g/mol. The number of hydrogen-bond donors (Lipinski definition) is 0. The Labute approximate surface area is 462 Å². The molecule has 0 amide bonds. The summed E-state index contributed by atoms with van der Waals surface area (Å²) in [5.74, 6) is -0.850. The number of carbonyl (C=O) groups excluding carboxylic acids is 3. The maximum Gasteiger partial charge on any atom is 0.306 e. The second-order valence-corrected chi connectivity index (χ2v) is 23.1. The lowest BCUT2D eigenvalue weighted by atomic mass is 10.0. The van der Waals surface area contributed by atoms with Crippen LogP contribution in [0, 0.1) is 0 Å². The fourth-order valence-corrected chi connectivity index (χ4v) is 10.4. The van der Waals surface area contributed by atoms with Crippen LogP contribution in [0.5, 0.6) is 0 Å². The predicted octanol–water partition coefficient (Wildman–Crippen LogP) is 22.8. The molecule has 0 N–H and O–H groups in total. The van der Waals surface area contributed by atoms with Crippen LogP contribution in [-0.4, -0.2) is 37.2 Å².